The van der Waals surface area contributed by atoms with Crippen LogP contribution in [0.25, 0.3) is 0 Å². The summed E-state index contributed by atoms with van der Waals surface area (Å²) < 4.78 is 21.8. The second-order valence-electron chi connectivity index (χ2n) is 6.77. The number of benzene rings is 2. The molecule has 0 aliphatic rings. The lowest BCUT2D eigenvalue weighted by molar-refractivity contribution is 0.0905. The van der Waals surface area contributed by atoms with Crippen LogP contribution in [0.2, 0.25) is 10.0 Å². The summed E-state index contributed by atoms with van der Waals surface area (Å²) in [6.07, 6.45) is 2.72. The van der Waals surface area contributed by atoms with Gasteiger partial charge in [-0.15, -0.1) is 0 Å². The van der Waals surface area contributed by atoms with Crippen molar-refractivity contribution in [2.75, 3.05) is 27.9 Å². The van der Waals surface area contributed by atoms with Crippen LogP contribution in [0.5, 0.6) is 23.0 Å². The minimum Gasteiger partial charge on any atom is -0.496 e. The molecule has 3 rings (SSSR count). The van der Waals surface area contributed by atoms with Crippen LogP contribution in [0.3, 0.4) is 0 Å². The highest BCUT2D eigenvalue weighted by atomic mass is 35.5. The van der Waals surface area contributed by atoms with Crippen molar-refractivity contribution in [3.63, 3.8) is 0 Å². The largest absolute Gasteiger partial charge is 0.496 e. The minimum absolute atomic E-state index is 0.0754. The summed E-state index contributed by atoms with van der Waals surface area (Å²) in [4.78, 5) is 29.9. The molecule has 0 aliphatic heterocycles. The number of para-hydroxylation sites is 1. The van der Waals surface area contributed by atoms with Crippen LogP contribution in [0.15, 0.2) is 48.8 Å². The molecule has 2 aromatic carbocycles. The summed E-state index contributed by atoms with van der Waals surface area (Å²) in [7, 11) is 4.35. The van der Waals surface area contributed by atoms with E-state index in [0.29, 0.717) is 22.6 Å². The molecule has 0 bridgehead atoms. The zero-order chi connectivity index (χ0) is 24.0. The number of halogens is 2. The Morgan fingerprint density at radius 3 is 2.09 bits per heavy atom. The summed E-state index contributed by atoms with van der Waals surface area (Å²) in [5, 5.41) is 0.537. The van der Waals surface area contributed by atoms with Crippen molar-refractivity contribution in [2.24, 2.45) is 0 Å². The van der Waals surface area contributed by atoms with Crippen LogP contribution in [0.4, 0.5) is 0 Å². The second-order valence-corrected chi connectivity index (χ2v) is 7.59. The lowest BCUT2D eigenvalue weighted by Crippen LogP contribution is -2.16. The summed E-state index contributed by atoms with van der Waals surface area (Å²) in [6.45, 7) is -0.360. The third kappa shape index (κ3) is 5.38. The molecule has 3 aromatic rings. The quantitative estimate of drug-likeness (QED) is 0.366. The third-order valence-electron chi connectivity index (χ3n) is 4.85. The highest BCUT2D eigenvalue weighted by Gasteiger charge is 2.24. The lowest BCUT2D eigenvalue weighted by atomic mass is 10.0. The maximum absolute atomic E-state index is 13.2. The fraction of sp³-hybridized carbons (Fsp3) is 0.208. The number of carbonyl (C=O) groups is 2. The van der Waals surface area contributed by atoms with Crippen molar-refractivity contribution in [3.8, 4) is 23.0 Å². The predicted octanol–water partition coefficient (Wildman–Crippen LogP) is 5.10. The topological polar surface area (TPSA) is 84.0 Å². The zero-order valence-corrected chi connectivity index (χ0v) is 19.7. The molecule has 172 valence electrons. The molecule has 0 fully saturated rings. The SMILES string of the molecule is COc1ccccc1C(=O)COc1c(C(=O)Cc2c(Cl)cncc2Cl)ccc(OC)c1OC. The van der Waals surface area contributed by atoms with Gasteiger partial charge in [0.25, 0.3) is 0 Å². The van der Waals surface area contributed by atoms with Gasteiger partial charge in [0, 0.05) is 24.4 Å². The highest BCUT2D eigenvalue weighted by Crippen LogP contribution is 2.41. The second kappa shape index (κ2) is 11.0. The van der Waals surface area contributed by atoms with Crippen molar-refractivity contribution < 1.29 is 28.5 Å². The number of rotatable bonds is 10. The molecule has 0 spiro atoms. The first kappa shape index (κ1) is 24.4. The number of hydrogen-bond acceptors (Lipinski definition) is 7. The van der Waals surface area contributed by atoms with E-state index in [2.05, 4.69) is 4.98 Å². The molecule has 0 radical (unpaired) electrons. The Bertz CT molecular complexity index is 1160. The van der Waals surface area contributed by atoms with Gasteiger partial charge in [-0.05, 0) is 24.3 Å². The number of ketones is 2. The normalized spacial score (nSPS) is 10.5. The van der Waals surface area contributed by atoms with Crippen LogP contribution in [-0.4, -0.2) is 44.5 Å². The maximum atomic E-state index is 13.2. The van der Waals surface area contributed by atoms with Gasteiger partial charge in [-0.25, -0.2) is 0 Å². The van der Waals surface area contributed by atoms with E-state index >= 15 is 0 Å². The number of ether oxygens (including phenoxy) is 4. The molecular formula is C24H21Cl2NO6. The molecule has 0 atom stereocenters. The molecule has 0 aliphatic carbocycles. The van der Waals surface area contributed by atoms with Gasteiger partial charge in [-0.1, -0.05) is 35.3 Å². The van der Waals surface area contributed by atoms with Crippen LogP contribution < -0.4 is 18.9 Å². The van der Waals surface area contributed by atoms with E-state index in [0.717, 1.165) is 0 Å². The Morgan fingerprint density at radius 2 is 1.45 bits per heavy atom. The fourth-order valence-electron chi connectivity index (χ4n) is 3.21. The zero-order valence-electron chi connectivity index (χ0n) is 18.2. The van der Waals surface area contributed by atoms with Crippen LogP contribution in [0.1, 0.15) is 26.3 Å². The number of carbonyl (C=O) groups excluding carboxylic acids is 2. The van der Waals surface area contributed by atoms with E-state index in [9.17, 15) is 9.59 Å². The smallest absolute Gasteiger partial charge is 0.204 e. The predicted molar refractivity (Wildman–Crippen MR) is 125 cm³/mol. The maximum Gasteiger partial charge on any atom is 0.204 e. The molecule has 0 saturated carbocycles. The Kier molecular flexibility index (Phi) is 8.14. The first-order valence-corrected chi connectivity index (χ1v) is 10.5. The number of nitrogens with zero attached hydrogens (tertiary/aromatic N) is 1. The van der Waals surface area contributed by atoms with Gasteiger partial charge < -0.3 is 18.9 Å². The van der Waals surface area contributed by atoms with E-state index in [1.54, 1.807) is 30.3 Å². The number of pyridine rings is 1. The van der Waals surface area contributed by atoms with E-state index in [-0.39, 0.29) is 51.7 Å². The standard InChI is InChI=1S/C24H21Cl2NO6/c1-30-21-7-5-4-6-14(21)20(29)13-33-23-15(8-9-22(31-2)24(23)32-3)19(28)10-16-17(25)11-27-12-18(16)26/h4-9,11-12H,10,13H2,1-3H3. The molecule has 0 amide bonds. The Balaban J connectivity index is 1.95. The van der Waals surface area contributed by atoms with Crippen molar-refractivity contribution >= 4 is 34.8 Å². The number of methoxy groups -OCH3 is 3. The Labute approximate surface area is 201 Å². The van der Waals surface area contributed by atoms with Crippen LogP contribution in [0, 0.1) is 0 Å². The lowest BCUT2D eigenvalue weighted by Gasteiger charge is -2.17. The molecule has 9 heteroatoms. The number of hydrogen-bond donors (Lipinski definition) is 0. The van der Waals surface area contributed by atoms with Gasteiger partial charge in [0.1, 0.15) is 5.75 Å². The van der Waals surface area contributed by atoms with E-state index in [4.69, 9.17) is 42.1 Å². The number of Topliss-reactive ketones (excluding diaryl/α,β-unsaturated/α-hetero) is 2. The van der Waals surface area contributed by atoms with Gasteiger partial charge >= 0.3 is 0 Å². The Morgan fingerprint density at radius 1 is 0.788 bits per heavy atom. The van der Waals surface area contributed by atoms with Crippen LogP contribution in [-0.2, 0) is 6.42 Å². The number of aromatic nitrogens is 1. The fourth-order valence-corrected chi connectivity index (χ4v) is 3.71. The van der Waals surface area contributed by atoms with Crippen molar-refractivity contribution in [3.05, 3.63) is 75.5 Å². The molecule has 33 heavy (non-hydrogen) atoms. The molecular weight excluding hydrogens is 469 g/mol. The first-order chi connectivity index (χ1) is 15.9. The van der Waals surface area contributed by atoms with Gasteiger partial charge in [0.15, 0.2) is 23.9 Å². The van der Waals surface area contributed by atoms with E-state index in [1.165, 1.54) is 39.8 Å². The molecule has 0 unspecified atom stereocenters. The summed E-state index contributed by atoms with van der Waals surface area (Å²) in [5.74, 6) is 0.340. The van der Waals surface area contributed by atoms with Crippen LogP contribution >= 0.6 is 23.2 Å². The van der Waals surface area contributed by atoms with Crippen molar-refractivity contribution in [1.29, 1.82) is 0 Å². The average molecular weight is 490 g/mol. The monoisotopic (exact) mass is 489 g/mol. The van der Waals surface area contributed by atoms with Gasteiger partial charge in [-0.3, -0.25) is 14.6 Å². The first-order valence-electron chi connectivity index (χ1n) is 9.76. The molecule has 1 aromatic heterocycles. The van der Waals surface area contributed by atoms with Crippen molar-refractivity contribution in [1.82, 2.24) is 4.98 Å². The molecule has 0 N–H and O–H groups in total. The van der Waals surface area contributed by atoms with E-state index < -0.39 is 0 Å². The third-order valence-corrected chi connectivity index (χ3v) is 5.50. The summed E-state index contributed by atoms with van der Waals surface area (Å²) in [6, 6.07) is 9.91. The Hall–Kier alpha value is -3.29. The molecule has 1 heterocycles. The molecule has 0 saturated heterocycles. The summed E-state index contributed by atoms with van der Waals surface area (Å²) in [5.41, 5.74) is 0.971. The average Bonchev–Trinajstić information content (AvgIpc) is 2.83. The van der Waals surface area contributed by atoms with Gasteiger partial charge in [0.05, 0.1) is 42.5 Å². The highest BCUT2D eigenvalue weighted by molar-refractivity contribution is 6.36. The van der Waals surface area contributed by atoms with E-state index in [1.807, 2.05) is 0 Å². The van der Waals surface area contributed by atoms with Gasteiger partial charge in [-0.2, -0.15) is 0 Å². The molecule has 7 nitrogen and oxygen atoms in total. The van der Waals surface area contributed by atoms with Gasteiger partial charge in [0.2, 0.25) is 11.5 Å². The van der Waals surface area contributed by atoms with Crippen molar-refractivity contribution in [2.45, 2.75) is 6.42 Å². The minimum atomic E-state index is -0.360. The summed E-state index contributed by atoms with van der Waals surface area (Å²) >= 11 is 12.3.